The van der Waals surface area contributed by atoms with Gasteiger partial charge in [-0.25, -0.2) is 9.78 Å². The quantitative estimate of drug-likeness (QED) is 0.890. The van der Waals surface area contributed by atoms with Gasteiger partial charge in [0.2, 0.25) is 0 Å². The molecule has 100 valence electrons. The summed E-state index contributed by atoms with van der Waals surface area (Å²) in [5.41, 5.74) is 0.765. The summed E-state index contributed by atoms with van der Waals surface area (Å²) in [5, 5.41) is 10.3. The Bertz CT molecular complexity index is 439. The van der Waals surface area contributed by atoms with Crippen LogP contribution in [-0.4, -0.2) is 16.1 Å². The van der Waals surface area contributed by atoms with Crippen molar-refractivity contribution in [2.45, 2.75) is 58.3 Å². The summed E-state index contributed by atoms with van der Waals surface area (Å²) in [6, 6.07) is 0. The number of hydrogen-bond donors (Lipinski definition) is 1. The maximum Gasteiger partial charge on any atom is 0.347 e. The van der Waals surface area contributed by atoms with Crippen LogP contribution in [0.5, 0.6) is 0 Å². The van der Waals surface area contributed by atoms with Crippen LogP contribution < -0.4 is 0 Å². The van der Waals surface area contributed by atoms with Crippen LogP contribution in [0.3, 0.4) is 0 Å². The van der Waals surface area contributed by atoms with Crippen LogP contribution in [0.15, 0.2) is 0 Å². The van der Waals surface area contributed by atoms with E-state index in [4.69, 9.17) is 0 Å². The van der Waals surface area contributed by atoms with E-state index in [1.54, 1.807) is 0 Å². The largest absolute Gasteiger partial charge is 0.477 e. The lowest BCUT2D eigenvalue weighted by Crippen LogP contribution is -2.11. The van der Waals surface area contributed by atoms with Gasteiger partial charge in [-0.1, -0.05) is 33.6 Å². The van der Waals surface area contributed by atoms with Crippen molar-refractivity contribution >= 4 is 17.3 Å². The fourth-order valence-corrected chi connectivity index (χ4v) is 3.93. The van der Waals surface area contributed by atoms with Crippen LogP contribution in [0.2, 0.25) is 0 Å². The second-order valence-corrected chi connectivity index (χ2v) is 6.73. The first kappa shape index (κ1) is 13.5. The van der Waals surface area contributed by atoms with Gasteiger partial charge in [0.15, 0.2) is 0 Å². The fraction of sp³-hybridized carbons (Fsp3) is 0.714. The second kappa shape index (κ2) is 5.39. The van der Waals surface area contributed by atoms with Crippen molar-refractivity contribution in [2.75, 3.05) is 0 Å². The lowest BCUT2D eigenvalue weighted by molar-refractivity contribution is 0.0700. The van der Waals surface area contributed by atoms with Gasteiger partial charge in [-0.3, -0.25) is 0 Å². The van der Waals surface area contributed by atoms with Gasteiger partial charge in [0.25, 0.3) is 0 Å². The van der Waals surface area contributed by atoms with Gasteiger partial charge in [-0.05, 0) is 24.7 Å². The minimum atomic E-state index is -0.827. The molecule has 1 aliphatic carbocycles. The molecule has 2 rings (SSSR count). The highest BCUT2D eigenvalue weighted by atomic mass is 32.1. The van der Waals surface area contributed by atoms with Crippen LogP contribution in [-0.2, 0) is 0 Å². The minimum Gasteiger partial charge on any atom is -0.477 e. The summed E-state index contributed by atoms with van der Waals surface area (Å²) in [6.07, 6.45) is 4.86. The highest BCUT2D eigenvalue weighted by molar-refractivity contribution is 7.13. The topological polar surface area (TPSA) is 50.2 Å². The van der Waals surface area contributed by atoms with Gasteiger partial charge < -0.3 is 5.11 Å². The number of aromatic nitrogens is 1. The summed E-state index contributed by atoms with van der Waals surface area (Å²) >= 11 is 1.39. The van der Waals surface area contributed by atoms with Crippen molar-refractivity contribution in [3.05, 3.63) is 15.6 Å². The lowest BCUT2D eigenvalue weighted by atomic mass is 9.83. The van der Waals surface area contributed by atoms with Gasteiger partial charge in [0, 0.05) is 5.92 Å². The third-order valence-corrected chi connectivity index (χ3v) is 4.92. The Balaban J connectivity index is 2.28. The molecule has 1 aliphatic rings. The van der Waals surface area contributed by atoms with Crippen molar-refractivity contribution in [1.82, 2.24) is 4.98 Å². The van der Waals surface area contributed by atoms with Crippen molar-refractivity contribution in [3.63, 3.8) is 0 Å². The summed E-state index contributed by atoms with van der Waals surface area (Å²) in [4.78, 5) is 16.3. The molecule has 2 atom stereocenters. The molecule has 0 saturated heterocycles. The number of rotatable bonds is 3. The number of thiazole rings is 1. The van der Waals surface area contributed by atoms with Gasteiger partial charge in [0.1, 0.15) is 4.88 Å². The Hall–Kier alpha value is -0.900. The van der Waals surface area contributed by atoms with Crippen LogP contribution in [0.1, 0.15) is 78.7 Å². The lowest BCUT2D eigenvalue weighted by Gasteiger charge is -2.24. The molecule has 1 N–H and O–H groups in total. The van der Waals surface area contributed by atoms with Crippen molar-refractivity contribution < 1.29 is 9.90 Å². The average molecular weight is 267 g/mol. The second-order valence-electron chi connectivity index (χ2n) is 5.70. The van der Waals surface area contributed by atoms with Gasteiger partial charge >= 0.3 is 5.97 Å². The summed E-state index contributed by atoms with van der Waals surface area (Å²) in [7, 11) is 0. The predicted octanol–water partition coefficient (Wildman–Crippen LogP) is 4.26. The normalized spacial score (nSPS) is 24.4. The zero-order chi connectivity index (χ0) is 13.3. The molecular formula is C14H21NO2S. The van der Waals surface area contributed by atoms with Gasteiger partial charge in [-0.15, -0.1) is 11.3 Å². The van der Waals surface area contributed by atoms with E-state index in [1.807, 2.05) is 13.8 Å². The molecule has 1 fully saturated rings. The number of carbonyl (C=O) groups is 1. The molecule has 1 saturated carbocycles. The van der Waals surface area contributed by atoms with Crippen LogP contribution in [0, 0.1) is 5.92 Å². The number of aromatic carboxylic acids is 1. The van der Waals surface area contributed by atoms with E-state index in [0.29, 0.717) is 10.8 Å². The Morgan fingerprint density at radius 3 is 2.67 bits per heavy atom. The van der Waals surface area contributed by atoms with E-state index in [1.165, 1.54) is 24.2 Å². The molecule has 1 aromatic heterocycles. The Kier molecular flexibility index (Phi) is 4.05. The molecule has 0 bridgehead atoms. The van der Waals surface area contributed by atoms with E-state index in [0.717, 1.165) is 29.5 Å². The predicted molar refractivity (Wildman–Crippen MR) is 73.5 cm³/mol. The molecule has 0 aromatic carbocycles. The van der Waals surface area contributed by atoms with Crippen molar-refractivity contribution in [2.24, 2.45) is 5.92 Å². The van der Waals surface area contributed by atoms with Crippen LogP contribution >= 0.6 is 11.3 Å². The van der Waals surface area contributed by atoms with E-state index >= 15 is 0 Å². The average Bonchev–Trinajstić information content (AvgIpc) is 2.73. The monoisotopic (exact) mass is 267 g/mol. The summed E-state index contributed by atoms with van der Waals surface area (Å²) < 4.78 is 0. The summed E-state index contributed by atoms with van der Waals surface area (Å²) in [5.74, 6) is 0.571. The minimum absolute atomic E-state index is 0.183. The molecule has 0 amide bonds. The van der Waals surface area contributed by atoms with E-state index in [9.17, 15) is 9.90 Å². The van der Waals surface area contributed by atoms with Crippen molar-refractivity contribution in [1.29, 1.82) is 0 Å². The molecule has 0 spiro atoms. The first-order valence-corrected chi connectivity index (χ1v) is 7.54. The standard InChI is InChI=1S/C14H21NO2S/c1-8(2)11-12(14(16)17)18-13(15-11)10-6-4-5-9(3)7-10/h8-10H,4-7H2,1-3H3,(H,16,17). The molecule has 0 aliphatic heterocycles. The zero-order valence-electron chi connectivity index (χ0n) is 11.3. The van der Waals surface area contributed by atoms with Crippen LogP contribution in [0.4, 0.5) is 0 Å². The maximum atomic E-state index is 11.3. The number of hydrogen-bond acceptors (Lipinski definition) is 3. The molecule has 4 heteroatoms. The molecule has 18 heavy (non-hydrogen) atoms. The smallest absolute Gasteiger partial charge is 0.347 e. The maximum absolute atomic E-state index is 11.3. The molecule has 0 radical (unpaired) electrons. The molecule has 2 unspecified atom stereocenters. The zero-order valence-corrected chi connectivity index (χ0v) is 12.1. The molecule has 3 nitrogen and oxygen atoms in total. The SMILES string of the molecule is CC1CCCC(c2nc(C(C)C)c(C(=O)O)s2)C1. The number of carboxylic acid groups (broad SMARTS) is 1. The molecule has 1 aromatic rings. The number of carboxylic acids is 1. The molecule has 1 heterocycles. The number of nitrogens with zero attached hydrogens (tertiary/aromatic N) is 1. The highest BCUT2D eigenvalue weighted by Crippen LogP contribution is 2.39. The first-order valence-electron chi connectivity index (χ1n) is 6.73. The first-order chi connectivity index (χ1) is 8.49. The van der Waals surface area contributed by atoms with E-state index in [2.05, 4.69) is 11.9 Å². The van der Waals surface area contributed by atoms with E-state index in [-0.39, 0.29) is 5.92 Å². The van der Waals surface area contributed by atoms with Crippen LogP contribution in [0.25, 0.3) is 0 Å². The summed E-state index contributed by atoms with van der Waals surface area (Å²) in [6.45, 7) is 6.30. The Labute approximate surface area is 112 Å². The third-order valence-electron chi connectivity index (χ3n) is 3.70. The fourth-order valence-electron chi connectivity index (χ4n) is 2.73. The third kappa shape index (κ3) is 2.74. The Morgan fingerprint density at radius 2 is 2.17 bits per heavy atom. The van der Waals surface area contributed by atoms with E-state index < -0.39 is 5.97 Å². The Morgan fingerprint density at radius 1 is 1.44 bits per heavy atom. The highest BCUT2D eigenvalue weighted by Gasteiger charge is 2.27. The van der Waals surface area contributed by atoms with Gasteiger partial charge in [-0.2, -0.15) is 0 Å². The molecular weight excluding hydrogens is 246 g/mol. The van der Waals surface area contributed by atoms with Crippen molar-refractivity contribution in [3.8, 4) is 0 Å². The van der Waals surface area contributed by atoms with Gasteiger partial charge in [0.05, 0.1) is 10.7 Å².